The summed E-state index contributed by atoms with van der Waals surface area (Å²) in [5, 5.41) is 13.2. The number of nitrogens with one attached hydrogen (secondary N) is 1. The van der Waals surface area contributed by atoms with Gasteiger partial charge in [0, 0.05) is 26.1 Å². The lowest BCUT2D eigenvalue weighted by molar-refractivity contribution is -0.116. The predicted molar refractivity (Wildman–Crippen MR) is 76.4 cm³/mol. The smallest absolute Gasteiger partial charge is 0.225 e. The number of β-amino-alcohol motifs (C(OH)–C–C–N with tert-alkyl or cyclic N) is 1. The van der Waals surface area contributed by atoms with Crippen molar-refractivity contribution in [3.05, 3.63) is 29.3 Å². The van der Waals surface area contributed by atoms with Crippen molar-refractivity contribution in [3.63, 3.8) is 0 Å². The first kappa shape index (κ1) is 14.3. The van der Waals surface area contributed by atoms with Crippen LogP contribution in [0.1, 0.15) is 19.8 Å². The first-order chi connectivity index (χ1) is 8.96. The van der Waals surface area contributed by atoms with Crippen LogP contribution >= 0.6 is 11.6 Å². The van der Waals surface area contributed by atoms with Gasteiger partial charge >= 0.3 is 0 Å². The number of carbonyl (C=O) groups is 1. The molecule has 1 saturated heterocycles. The first-order valence-electron chi connectivity index (χ1n) is 6.45. The lowest BCUT2D eigenvalue weighted by Crippen LogP contribution is -2.31. The molecule has 1 amide bonds. The van der Waals surface area contributed by atoms with E-state index in [1.165, 1.54) is 0 Å². The largest absolute Gasteiger partial charge is 0.389 e. The van der Waals surface area contributed by atoms with Crippen molar-refractivity contribution in [1.82, 2.24) is 4.90 Å². The van der Waals surface area contributed by atoms with E-state index < -0.39 is 5.60 Å². The van der Waals surface area contributed by atoms with Crippen molar-refractivity contribution >= 4 is 23.2 Å². The number of nitrogens with zero attached hydrogens (tertiary/aromatic N) is 1. The Bertz CT molecular complexity index is 463. The van der Waals surface area contributed by atoms with Gasteiger partial charge in [-0.1, -0.05) is 23.7 Å². The molecule has 2 N–H and O–H groups in total. The maximum Gasteiger partial charge on any atom is 0.225 e. The number of amides is 1. The minimum atomic E-state index is -0.612. The number of carbonyl (C=O) groups excluding carboxylic acids is 1. The van der Waals surface area contributed by atoms with Crippen LogP contribution in [-0.4, -0.2) is 41.1 Å². The van der Waals surface area contributed by atoms with Crippen LogP contribution in [-0.2, 0) is 4.79 Å². The van der Waals surface area contributed by atoms with Crippen LogP contribution in [0.2, 0.25) is 5.02 Å². The van der Waals surface area contributed by atoms with Crippen LogP contribution in [0.15, 0.2) is 24.3 Å². The number of anilines is 1. The number of hydrogen-bond donors (Lipinski definition) is 2. The molecule has 0 saturated carbocycles. The molecule has 1 unspecified atom stereocenters. The van der Waals surface area contributed by atoms with Crippen LogP contribution in [0.25, 0.3) is 0 Å². The zero-order valence-corrected chi connectivity index (χ0v) is 11.8. The molecule has 1 aromatic rings. The maximum atomic E-state index is 11.8. The van der Waals surface area contributed by atoms with Gasteiger partial charge in [-0.25, -0.2) is 0 Å². The number of halogens is 1. The van der Waals surface area contributed by atoms with Crippen molar-refractivity contribution in [2.45, 2.75) is 25.4 Å². The summed E-state index contributed by atoms with van der Waals surface area (Å²) in [7, 11) is 0. The Labute approximate surface area is 118 Å². The van der Waals surface area contributed by atoms with Crippen LogP contribution in [0.5, 0.6) is 0 Å². The molecule has 104 valence electrons. The van der Waals surface area contributed by atoms with E-state index in [0.29, 0.717) is 30.2 Å². The molecule has 0 spiro atoms. The molecule has 1 fully saturated rings. The van der Waals surface area contributed by atoms with Crippen LogP contribution in [0.3, 0.4) is 0 Å². The third-order valence-electron chi connectivity index (χ3n) is 3.33. The highest BCUT2D eigenvalue weighted by Crippen LogP contribution is 2.22. The van der Waals surface area contributed by atoms with Crippen molar-refractivity contribution in [1.29, 1.82) is 0 Å². The van der Waals surface area contributed by atoms with Gasteiger partial charge in [-0.05, 0) is 25.5 Å². The van der Waals surface area contributed by atoms with Crippen molar-refractivity contribution in [3.8, 4) is 0 Å². The van der Waals surface area contributed by atoms with Gasteiger partial charge in [0.05, 0.1) is 16.3 Å². The van der Waals surface area contributed by atoms with E-state index in [2.05, 4.69) is 10.2 Å². The van der Waals surface area contributed by atoms with Crippen LogP contribution in [0.4, 0.5) is 5.69 Å². The molecule has 1 aliphatic heterocycles. The van der Waals surface area contributed by atoms with E-state index in [1.54, 1.807) is 12.1 Å². The molecular formula is C14H19ClN2O2. The summed E-state index contributed by atoms with van der Waals surface area (Å²) < 4.78 is 0. The van der Waals surface area contributed by atoms with Gasteiger partial charge in [0.25, 0.3) is 0 Å². The van der Waals surface area contributed by atoms with Gasteiger partial charge in [-0.2, -0.15) is 0 Å². The van der Waals surface area contributed by atoms with Crippen LogP contribution in [0, 0.1) is 0 Å². The normalized spacial score (nSPS) is 23.5. The molecule has 4 nitrogen and oxygen atoms in total. The molecule has 19 heavy (non-hydrogen) atoms. The Morgan fingerprint density at radius 1 is 1.53 bits per heavy atom. The van der Waals surface area contributed by atoms with E-state index in [9.17, 15) is 9.90 Å². The van der Waals surface area contributed by atoms with E-state index in [4.69, 9.17) is 11.6 Å². The van der Waals surface area contributed by atoms with Gasteiger partial charge in [0.2, 0.25) is 5.91 Å². The Balaban J connectivity index is 1.78. The minimum Gasteiger partial charge on any atom is -0.389 e. The van der Waals surface area contributed by atoms with Gasteiger partial charge in [-0.3, -0.25) is 9.69 Å². The average Bonchev–Trinajstić information content (AvgIpc) is 2.69. The van der Waals surface area contributed by atoms with Crippen molar-refractivity contribution < 1.29 is 9.90 Å². The summed E-state index contributed by atoms with van der Waals surface area (Å²) >= 11 is 5.97. The second-order valence-electron chi connectivity index (χ2n) is 5.30. The number of rotatable bonds is 4. The fourth-order valence-corrected chi connectivity index (χ4v) is 2.45. The number of likely N-dealkylation sites (tertiary alicyclic amines) is 1. The standard InChI is InChI=1S/C14H19ClN2O2/c1-14(19)7-9-17(10-14)8-6-13(18)16-12-5-3-2-4-11(12)15/h2-5,19H,6-10H2,1H3,(H,16,18). The molecule has 0 bridgehead atoms. The summed E-state index contributed by atoms with van der Waals surface area (Å²) in [6.07, 6.45) is 1.17. The lowest BCUT2D eigenvalue weighted by atomic mass is 10.1. The Kier molecular flexibility index (Phi) is 4.45. The van der Waals surface area contributed by atoms with Crippen molar-refractivity contribution in [2.24, 2.45) is 0 Å². The van der Waals surface area contributed by atoms with Crippen LogP contribution < -0.4 is 5.32 Å². The highest BCUT2D eigenvalue weighted by atomic mass is 35.5. The molecular weight excluding hydrogens is 264 g/mol. The molecule has 5 heteroatoms. The topological polar surface area (TPSA) is 52.6 Å². The summed E-state index contributed by atoms with van der Waals surface area (Å²) in [4.78, 5) is 13.9. The third-order valence-corrected chi connectivity index (χ3v) is 3.66. The monoisotopic (exact) mass is 282 g/mol. The summed E-state index contributed by atoms with van der Waals surface area (Å²) in [6, 6.07) is 7.18. The Hall–Kier alpha value is -1.10. The Morgan fingerprint density at radius 3 is 2.89 bits per heavy atom. The summed E-state index contributed by atoms with van der Waals surface area (Å²) in [6.45, 7) is 3.96. The molecule has 0 aromatic heterocycles. The fourth-order valence-electron chi connectivity index (χ4n) is 2.26. The van der Waals surface area contributed by atoms with E-state index in [-0.39, 0.29) is 5.91 Å². The molecule has 1 heterocycles. The first-order valence-corrected chi connectivity index (χ1v) is 6.83. The number of hydrogen-bond acceptors (Lipinski definition) is 3. The molecule has 0 aliphatic carbocycles. The van der Waals surface area contributed by atoms with E-state index >= 15 is 0 Å². The zero-order valence-electron chi connectivity index (χ0n) is 11.0. The van der Waals surface area contributed by atoms with Gasteiger partial charge in [0.1, 0.15) is 0 Å². The lowest BCUT2D eigenvalue weighted by Gasteiger charge is -2.18. The third kappa shape index (κ3) is 4.20. The predicted octanol–water partition coefficient (Wildman–Crippen LogP) is 2.13. The molecule has 2 rings (SSSR count). The van der Waals surface area contributed by atoms with Gasteiger partial charge in [-0.15, -0.1) is 0 Å². The maximum absolute atomic E-state index is 11.8. The number of benzene rings is 1. The average molecular weight is 283 g/mol. The fraction of sp³-hybridized carbons (Fsp3) is 0.500. The number of aliphatic hydroxyl groups is 1. The second-order valence-corrected chi connectivity index (χ2v) is 5.71. The van der Waals surface area contributed by atoms with Gasteiger partial charge in [0.15, 0.2) is 0 Å². The summed E-state index contributed by atoms with van der Waals surface area (Å²) in [5.41, 5.74) is 0.0294. The minimum absolute atomic E-state index is 0.0559. The summed E-state index contributed by atoms with van der Waals surface area (Å²) in [5.74, 6) is -0.0559. The molecule has 0 radical (unpaired) electrons. The van der Waals surface area contributed by atoms with E-state index in [0.717, 1.165) is 13.0 Å². The van der Waals surface area contributed by atoms with Crippen molar-refractivity contribution in [2.75, 3.05) is 25.0 Å². The quantitative estimate of drug-likeness (QED) is 0.889. The molecule has 1 atom stereocenters. The zero-order chi connectivity index (χ0) is 13.9. The SMILES string of the molecule is CC1(O)CCN(CCC(=O)Nc2ccccc2Cl)C1. The molecule has 1 aliphatic rings. The van der Waals surface area contributed by atoms with E-state index in [1.807, 2.05) is 19.1 Å². The Morgan fingerprint density at radius 2 is 2.26 bits per heavy atom. The second kappa shape index (κ2) is 5.90. The highest BCUT2D eigenvalue weighted by molar-refractivity contribution is 6.33. The highest BCUT2D eigenvalue weighted by Gasteiger charge is 2.30. The molecule has 1 aromatic carbocycles. The number of para-hydroxylation sites is 1. The van der Waals surface area contributed by atoms with Gasteiger partial charge < -0.3 is 10.4 Å².